The lowest BCUT2D eigenvalue weighted by Gasteiger charge is -2.34. The number of carbonyl (C=O) groups excluding carboxylic acids is 1. The van der Waals surface area contributed by atoms with E-state index < -0.39 is 18.4 Å². The summed E-state index contributed by atoms with van der Waals surface area (Å²) in [6.07, 6.45) is -5.34. The lowest BCUT2D eigenvalue weighted by molar-refractivity contribution is -0.353. The van der Waals surface area contributed by atoms with E-state index in [4.69, 9.17) is 0 Å². The normalized spacial score (nSPS) is 22.2. The van der Waals surface area contributed by atoms with Gasteiger partial charge >= 0.3 is 6.36 Å². The lowest BCUT2D eigenvalue weighted by atomic mass is 9.81. The first-order valence-corrected chi connectivity index (χ1v) is 6.85. The minimum atomic E-state index is -4.63. The summed E-state index contributed by atoms with van der Waals surface area (Å²) < 4.78 is 40.7. The van der Waals surface area contributed by atoms with E-state index >= 15 is 0 Å². The average Bonchev–Trinajstić information content (AvgIpc) is 2.25. The predicted molar refractivity (Wildman–Crippen MR) is 71.2 cm³/mol. The minimum absolute atomic E-state index is 0.0981. The van der Waals surface area contributed by atoms with Crippen LogP contribution in [0.25, 0.3) is 0 Å². The number of alkyl halides is 3. The van der Waals surface area contributed by atoms with Gasteiger partial charge in [-0.2, -0.15) is 0 Å². The van der Waals surface area contributed by atoms with Gasteiger partial charge in [0.15, 0.2) is 0 Å². The zero-order chi connectivity index (χ0) is 14.9. The molecule has 20 heavy (non-hydrogen) atoms. The molecule has 0 unspecified atom stereocenters. The van der Waals surface area contributed by atoms with Gasteiger partial charge in [-0.05, 0) is 43.5 Å². The van der Waals surface area contributed by atoms with Gasteiger partial charge in [-0.1, -0.05) is 15.9 Å². The summed E-state index contributed by atoms with van der Waals surface area (Å²) in [5.41, 5.74) is 1.55. The molecule has 0 aromatic heterocycles. The molecule has 0 atom stereocenters. The van der Waals surface area contributed by atoms with Crippen molar-refractivity contribution >= 4 is 27.5 Å². The fourth-order valence-electron chi connectivity index (χ4n) is 2.07. The van der Waals surface area contributed by atoms with Crippen LogP contribution in [0, 0.1) is 12.8 Å². The molecule has 7 heteroatoms. The number of hydrogen-bond acceptors (Lipinski definition) is 2. The molecule has 110 valence electrons. The van der Waals surface area contributed by atoms with E-state index in [1.54, 1.807) is 12.1 Å². The highest BCUT2D eigenvalue weighted by Gasteiger charge is 2.42. The van der Waals surface area contributed by atoms with Crippen LogP contribution >= 0.6 is 15.9 Å². The van der Waals surface area contributed by atoms with E-state index in [-0.39, 0.29) is 18.7 Å². The number of carbonyl (C=O) groups is 1. The van der Waals surface area contributed by atoms with Crippen LogP contribution in [0.2, 0.25) is 0 Å². The first-order chi connectivity index (χ1) is 9.24. The van der Waals surface area contributed by atoms with Crippen molar-refractivity contribution in [3.05, 3.63) is 28.2 Å². The molecular weight excluding hydrogens is 339 g/mol. The number of rotatable bonds is 3. The lowest BCUT2D eigenvalue weighted by Crippen LogP contribution is -2.41. The van der Waals surface area contributed by atoms with Gasteiger partial charge in [0.05, 0.1) is 6.10 Å². The van der Waals surface area contributed by atoms with Gasteiger partial charge in [-0.25, -0.2) is 0 Å². The van der Waals surface area contributed by atoms with Crippen LogP contribution in [0.4, 0.5) is 18.9 Å². The molecule has 1 aliphatic rings. The number of amides is 1. The van der Waals surface area contributed by atoms with Gasteiger partial charge in [0, 0.05) is 16.1 Å². The average molecular weight is 352 g/mol. The molecule has 1 saturated carbocycles. The van der Waals surface area contributed by atoms with Gasteiger partial charge in [0.1, 0.15) is 0 Å². The van der Waals surface area contributed by atoms with Gasteiger partial charge < -0.3 is 5.32 Å². The maximum Gasteiger partial charge on any atom is 0.522 e. The number of benzene rings is 1. The third-order valence-electron chi connectivity index (χ3n) is 3.21. The first-order valence-electron chi connectivity index (χ1n) is 6.06. The molecule has 3 nitrogen and oxygen atoms in total. The second kappa shape index (κ2) is 5.73. The van der Waals surface area contributed by atoms with E-state index in [2.05, 4.69) is 26.0 Å². The van der Waals surface area contributed by atoms with Crippen molar-refractivity contribution in [2.75, 3.05) is 5.32 Å². The van der Waals surface area contributed by atoms with E-state index in [9.17, 15) is 18.0 Å². The summed E-state index contributed by atoms with van der Waals surface area (Å²) in [5.74, 6) is -0.692. The third kappa shape index (κ3) is 3.96. The molecule has 1 aromatic rings. The number of nitrogens with one attached hydrogen (secondary N) is 1. The van der Waals surface area contributed by atoms with Crippen molar-refractivity contribution in [3.63, 3.8) is 0 Å². The molecule has 0 heterocycles. The maximum absolute atomic E-state index is 12.0. The minimum Gasteiger partial charge on any atom is -0.326 e. The Morgan fingerprint density at radius 3 is 2.60 bits per heavy atom. The summed E-state index contributed by atoms with van der Waals surface area (Å²) in [7, 11) is 0. The number of aryl methyl sites for hydroxylation is 1. The fourth-order valence-corrected chi connectivity index (χ4v) is 2.54. The maximum atomic E-state index is 12.0. The molecule has 1 aliphatic carbocycles. The van der Waals surface area contributed by atoms with Crippen LogP contribution < -0.4 is 5.32 Å². The van der Waals surface area contributed by atoms with Crippen LogP contribution in [0.15, 0.2) is 22.7 Å². The Morgan fingerprint density at radius 2 is 2.05 bits per heavy atom. The van der Waals surface area contributed by atoms with Gasteiger partial charge in [0.25, 0.3) is 0 Å². The van der Waals surface area contributed by atoms with E-state index in [0.717, 1.165) is 10.0 Å². The number of ether oxygens (including phenoxy) is 1. The number of halogens is 4. The summed E-state index contributed by atoms with van der Waals surface area (Å²) in [6.45, 7) is 1.84. The number of hydrogen-bond donors (Lipinski definition) is 1. The summed E-state index contributed by atoms with van der Waals surface area (Å²) in [6, 6.07) is 5.39. The van der Waals surface area contributed by atoms with Crippen LogP contribution in [-0.4, -0.2) is 18.4 Å². The van der Waals surface area contributed by atoms with E-state index in [1.807, 2.05) is 13.0 Å². The van der Waals surface area contributed by atoms with Crippen molar-refractivity contribution < 1.29 is 22.7 Å². The third-order valence-corrected chi connectivity index (χ3v) is 3.71. The Bertz CT molecular complexity index is 513. The smallest absolute Gasteiger partial charge is 0.326 e. The van der Waals surface area contributed by atoms with Crippen molar-refractivity contribution in [1.29, 1.82) is 0 Å². The van der Waals surface area contributed by atoms with E-state index in [0.29, 0.717) is 5.69 Å². The Balaban J connectivity index is 1.85. The van der Waals surface area contributed by atoms with Gasteiger partial charge in [0.2, 0.25) is 5.91 Å². The summed E-state index contributed by atoms with van der Waals surface area (Å²) in [5, 5.41) is 2.73. The monoisotopic (exact) mass is 351 g/mol. The molecule has 0 radical (unpaired) electrons. The molecule has 0 spiro atoms. The van der Waals surface area contributed by atoms with Crippen molar-refractivity contribution in [2.24, 2.45) is 5.92 Å². The molecule has 1 N–H and O–H groups in total. The number of anilines is 1. The largest absolute Gasteiger partial charge is 0.522 e. The topological polar surface area (TPSA) is 38.3 Å². The van der Waals surface area contributed by atoms with Crippen molar-refractivity contribution in [2.45, 2.75) is 32.2 Å². The molecule has 1 amide bonds. The quantitative estimate of drug-likeness (QED) is 0.893. The Kier molecular flexibility index (Phi) is 4.39. The zero-order valence-corrected chi connectivity index (χ0v) is 12.2. The van der Waals surface area contributed by atoms with Crippen LogP contribution in [-0.2, 0) is 9.53 Å². The van der Waals surface area contributed by atoms with Crippen molar-refractivity contribution in [3.8, 4) is 0 Å². The van der Waals surface area contributed by atoms with E-state index in [1.165, 1.54) is 0 Å². The molecule has 2 rings (SSSR count). The highest BCUT2D eigenvalue weighted by atomic mass is 79.9. The highest BCUT2D eigenvalue weighted by molar-refractivity contribution is 9.10. The Labute approximate surface area is 122 Å². The molecule has 0 aliphatic heterocycles. The fraction of sp³-hybridized carbons (Fsp3) is 0.462. The molecule has 1 fully saturated rings. The van der Waals surface area contributed by atoms with Gasteiger partial charge in [-0.15, -0.1) is 13.2 Å². The molecular formula is C13H13BrF3NO2. The van der Waals surface area contributed by atoms with Gasteiger partial charge in [-0.3, -0.25) is 9.53 Å². The first kappa shape index (κ1) is 15.3. The predicted octanol–water partition coefficient (Wildman–Crippen LogP) is 4.01. The van der Waals surface area contributed by atoms with Crippen LogP contribution in [0.5, 0.6) is 0 Å². The zero-order valence-electron chi connectivity index (χ0n) is 10.6. The summed E-state index contributed by atoms with van der Waals surface area (Å²) >= 11 is 3.32. The Hall–Kier alpha value is -1.08. The Morgan fingerprint density at radius 1 is 1.40 bits per heavy atom. The van der Waals surface area contributed by atoms with Crippen LogP contribution in [0.1, 0.15) is 18.4 Å². The molecule has 1 aromatic carbocycles. The molecule has 0 bridgehead atoms. The second-order valence-electron chi connectivity index (χ2n) is 4.80. The standard InChI is InChI=1S/C13H13BrF3NO2/c1-7-4-9(14)2-3-11(7)18-12(19)8-5-10(6-8)20-13(15,16)17/h2-4,8,10H,5-6H2,1H3,(H,18,19). The van der Waals surface area contributed by atoms with Crippen molar-refractivity contribution in [1.82, 2.24) is 0 Å². The second-order valence-corrected chi connectivity index (χ2v) is 5.72. The highest BCUT2D eigenvalue weighted by Crippen LogP contribution is 2.35. The molecule has 0 saturated heterocycles. The summed E-state index contributed by atoms with van der Waals surface area (Å²) in [4.78, 5) is 11.9. The van der Waals surface area contributed by atoms with Crippen LogP contribution in [0.3, 0.4) is 0 Å². The SMILES string of the molecule is Cc1cc(Br)ccc1NC(=O)C1CC(OC(F)(F)F)C1.